The molecule has 2 aromatic heterocycles. The Bertz CT molecular complexity index is 725. The molecule has 0 unspecified atom stereocenters. The molecular weight excluding hydrogens is 316 g/mol. The Balaban J connectivity index is 1.84. The number of nitro groups is 1. The summed E-state index contributed by atoms with van der Waals surface area (Å²) < 4.78 is 0. The Morgan fingerprint density at radius 3 is 3.00 bits per heavy atom. The molecule has 0 aliphatic heterocycles. The number of carbonyl (C=O) groups excluding carboxylic acids is 1. The average molecular weight is 325 g/mol. The van der Waals surface area contributed by atoms with Crippen molar-refractivity contribution >= 4 is 39.7 Å². The predicted molar refractivity (Wildman–Crippen MR) is 78.0 cm³/mol. The molecule has 0 bridgehead atoms. The van der Waals surface area contributed by atoms with Gasteiger partial charge in [0.25, 0.3) is 11.6 Å². The lowest BCUT2D eigenvalue weighted by Gasteiger charge is -2.03. The van der Waals surface area contributed by atoms with Gasteiger partial charge in [0.1, 0.15) is 11.3 Å². The molecule has 2 heterocycles. The number of hydrogen-bond acceptors (Lipinski definition) is 6. The van der Waals surface area contributed by atoms with Crippen molar-refractivity contribution in [2.45, 2.75) is 19.3 Å². The zero-order valence-corrected chi connectivity index (χ0v) is 12.2. The number of pyridine rings is 1. The van der Waals surface area contributed by atoms with Gasteiger partial charge in [-0.25, -0.2) is 9.97 Å². The van der Waals surface area contributed by atoms with Gasteiger partial charge in [0.15, 0.2) is 5.13 Å². The standard InChI is InChI=1S/C12H9ClN4O3S/c13-10-7(4-6(5-14-10)17(19)20)11(18)16-12-15-8-2-1-3-9(8)21-12/h4-5H,1-3H2,(H,15,16,18). The van der Waals surface area contributed by atoms with Gasteiger partial charge in [0.2, 0.25) is 0 Å². The second-order valence-corrected chi connectivity index (χ2v) is 5.93. The van der Waals surface area contributed by atoms with Crippen molar-refractivity contribution in [2.75, 3.05) is 5.32 Å². The molecule has 0 atom stereocenters. The molecule has 108 valence electrons. The molecule has 0 saturated heterocycles. The molecule has 1 amide bonds. The summed E-state index contributed by atoms with van der Waals surface area (Å²) in [5.74, 6) is -0.552. The Hall–Kier alpha value is -2.06. The molecule has 21 heavy (non-hydrogen) atoms. The van der Waals surface area contributed by atoms with Crippen LogP contribution in [0.5, 0.6) is 0 Å². The molecule has 0 saturated carbocycles. The first-order chi connectivity index (χ1) is 10.0. The minimum Gasteiger partial charge on any atom is -0.298 e. The number of halogens is 1. The minimum absolute atomic E-state index is 0.0405. The number of nitrogens with one attached hydrogen (secondary N) is 1. The average Bonchev–Trinajstić information content (AvgIpc) is 2.99. The summed E-state index contributed by atoms with van der Waals surface area (Å²) in [5.41, 5.74) is 0.686. The number of amides is 1. The first kappa shape index (κ1) is 13.9. The van der Waals surface area contributed by atoms with Crippen molar-refractivity contribution in [3.05, 3.63) is 43.7 Å². The fourth-order valence-corrected chi connectivity index (χ4v) is 3.34. The van der Waals surface area contributed by atoms with Crippen LogP contribution in [0.25, 0.3) is 0 Å². The Morgan fingerprint density at radius 2 is 2.29 bits per heavy atom. The lowest BCUT2D eigenvalue weighted by Crippen LogP contribution is -2.13. The smallest absolute Gasteiger partial charge is 0.288 e. The summed E-state index contributed by atoms with van der Waals surface area (Å²) in [6, 6.07) is 1.10. The molecule has 0 aromatic carbocycles. The first-order valence-electron chi connectivity index (χ1n) is 6.14. The van der Waals surface area contributed by atoms with E-state index < -0.39 is 10.8 Å². The van der Waals surface area contributed by atoms with Crippen LogP contribution in [0.4, 0.5) is 10.8 Å². The molecule has 1 aliphatic rings. The van der Waals surface area contributed by atoms with Gasteiger partial charge in [0.05, 0.1) is 16.2 Å². The van der Waals surface area contributed by atoms with E-state index in [1.807, 2.05) is 0 Å². The number of aromatic nitrogens is 2. The van der Waals surface area contributed by atoms with E-state index in [2.05, 4.69) is 15.3 Å². The predicted octanol–water partition coefficient (Wildman–Crippen LogP) is 2.84. The van der Waals surface area contributed by atoms with Crippen LogP contribution in [0.2, 0.25) is 5.15 Å². The van der Waals surface area contributed by atoms with Gasteiger partial charge in [-0.2, -0.15) is 0 Å². The Labute approximate surface area is 128 Å². The number of rotatable bonds is 3. The first-order valence-corrected chi connectivity index (χ1v) is 7.34. The molecule has 0 fully saturated rings. The summed E-state index contributed by atoms with van der Waals surface area (Å²) >= 11 is 7.25. The molecule has 2 aromatic rings. The SMILES string of the molecule is O=C(Nc1nc2c(s1)CCC2)c1cc([N+](=O)[O-])cnc1Cl. The van der Waals surface area contributed by atoms with Crippen LogP contribution in [-0.2, 0) is 12.8 Å². The van der Waals surface area contributed by atoms with Crippen molar-refractivity contribution < 1.29 is 9.72 Å². The van der Waals surface area contributed by atoms with Gasteiger partial charge in [0, 0.05) is 10.9 Å². The summed E-state index contributed by atoms with van der Waals surface area (Å²) in [7, 11) is 0. The Kier molecular flexibility index (Phi) is 3.56. The second kappa shape index (κ2) is 5.38. The van der Waals surface area contributed by atoms with E-state index in [4.69, 9.17) is 11.6 Å². The van der Waals surface area contributed by atoms with E-state index >= 15 is 0 Å². The third-order valence-electron chi connectivity index (χ3n) is 3.10. The summed E-state index contributed by atoms with van der Waals surface area (Å²) in [4.78, 5) is 31.4. The van der Waals surface area contributed by atoms with Gasteiger partial charge in [-0.3, -0.25) is 20.2 Å². The van der Waals surface area contributed by atoms with Crippen LogP contribution in [-0.4, -0.2) is 20.8 Å². The highest BCUT2D eigenvalue weighted by molar-refractivity contribution is 7.16. The monoisotopic (exact) mass is 324 g/mol. The van der Waals surface area contributed by atoms with Crippen molar-refractivity contribution in [2.24, 2.45) is 0 Å². The highest BCUT2D eigenvalue weighted by Gasteiger charge is 2.21. The van der Waals surface area contributed by atoms with Crippen LogP contribution in [0.15, 0.2) is 12.3 Å². The van der Waals surface area contributed by atoms with E-state index in [0.717, 1.165) is 37.2 Å². The van der Waals surface area contributed by atoms with Gasteiger partial charge < -0.3 is 0 Å². The number of carbonyl (C=O) groups is 1. The van der Waals surface area contributed by atoms with Crippen LogP contribution in [0.3, 0.4) is 0 Å². The maximum Gasteiger partial charge on any atom is 0.288 e. The maximum atomic E-state index is 12.1. The topological polar surface area (TPSA) is 98.0 Å². The molecule has 0 spiro atoms. The largest absolute Gasteiger partial charge is 0.298 e. The molecule has 0 radical (unpaired) electrons. The number of aryl methyl sites for hydroxylation is 2. The highest BCUT2D eigenvalue weighted by atomic mass is 35.5. The number of nitrogens with zero attached hydrogens (tertiary/aromatic N) is 3. The summed E-state index contributed by atoms with van der Waals surface area (Å²) in [6.45, 7) is 0. The molecule has 1 N–H and O–H groups in total. The van der Waals surface area contributed by atoms with E-state index in [9.17, 15) is 14.9 Å². The molecule has 9 heteroatoms. The zero-order valence-electron chi connectivity index (χ0n) is 10.6. The number of hydrogen-bond donors (Lipinski definition) is 1. The van der Waals surface area contributed by atoms with Gasteiger partial charge in [-0.15, -0.1) is 11.3 Å². The lowest BCUT2D eigenvalue weighted by atomic mass is 10.2. The quantitative estimate of drug-likeness (QED) is 0.532. The van der Waals surface area contributed by atoms with E-state index in [1.54, 1.807) is 0 Å². The summed E-state index contributed by atoms with van der Waals surface area (Å²) in [5, 5.41) is 13.7. The zero-order chi connectivity index (χ0) is 15.0. The molecule has 7 nitrogen and oxygen atoms in total. The van der Waals surface area contributed by atoms with Crippen LogP contribution in [0.1, 0.15) is 27.3 Å². The van der Waals surface area contributed by atoms with Crippen molar-refractivity contribution in [1.29, 1.82) is 0 Å². The second-order valence-electron chi connectivity index (χ2n) is 4.49. The van der Waals surface area contributed by atoms with Crippen LogP contribution < -0.4 is 5.32 Å². The van der Waals surface area contributed by atoms with Crippen molar-refractivity contribution in [3.63, 3.8) is 0 Å². The van der Waals surface area contributed by atoms with Crippen LogP contribution >= 0.6 is 22.9 Å². The van der Waals surface area contributed by atoms with Gasteiger partial charge in [-0.1, -0.05) is 11.6 Å². The Morgan fingerprint density at radius 1 is 1.48 bits per heavy atom. The maximum absolute atomic E-state index is 12.1. The normalized spacial score (nSPS) is 13.0. The van der Waals surface area contributed by atoms with Gasteiger partial charge in [-0.05, 0) is 19.3 Å². The fraction of sp³-hybridized carbons (Fsp3) is 0.250. The van der Waals surface area contributed by atoms with E-state index in [0.29, 0.717) is 5.13 Å². The van der Waals surface area contributed by atoms with E-state index in [-0.39, 0.29) is 16.4 Å². The fourth-order valence-electron chi connectivity index (χ4n) is 2.10. The van der Waals surface area contributed by atoms with E-state index in [1.165, 1.54) is 16.2 Å². The van der Waals surface area contributed by atoms with Gasteiger partial charge >= 0.3 is 0 Å². The third-order valence-corrected chi connectivity index (χ3v) is 4.47. The minimum atomic E-state index is -0.627. The number of anilines is 1. The number of fused-ring (bicyclic) bond motifs is 1. The van der Waals surface area contributed by atoms with Crippen molar-refractivity contribution in [1.82, 2.24) is 9.97 Å². The highest BCUT2D eigenvalue weighted by Crippen LogP contribution is 2.31. The van der Waals surface area contributed by atoms with Crippen LogP contribution in [0, 0.1) is 10.1 Å². The molecule has 3 rings (SSSR count). The molecule has 1 aliphatic carbocycles. The third kappa shape index (κ3) is 2.72. The van der Waals surface area contributed by atoms with Crippen molar-refractivity contribution in [3.8, 4) is 0 Å². The molecular formula is C12H9ClN4O3S. The lowest BCUT2D eigenvalue weighted by molar-refractivity contribution is -0.385. The number of thiazole rings is 1. The summed E-state index contributed by atoms with van der Waals surface area (Å²) in [6.07, 6.45) is 3.99.